The van der Waals surface area contributed by atoms with E-state index in [1.807, 2.05) is 18.2 Å². The first-order valence-electron chi connectivity index (χ1n) is 7.36. The highest BCUT2D eigenvalue weighted by molar-refractivity contribution is 8.00. The number of anilines is 1. The number of carbonyl (C=O) groups excluding carboxylic acids is 1. The third-order valence-corrected chi connectivity index (χ3v) is 5.73. The molecule has 7 heteroatoms. The molecule has 2 heterocycles. The Balaban J connectivity index is 1.70. The number of fused-ring (bicyclic) bond motifs is 1. The topological polar surface area (TPSA) is 64.1 Å². The second-order valence-electron chi connectivity index (χ2n) is 5.21. The first-order chi connectivity index (χ1) is 11.6. The van der Waals surface area contributed by atoms with Crippen molar-refractivity contribution in [1.82, 2.24) is 9.97 Å². The number of hydrogen-bond acceptors (Lipinski definition) is 6. The number of hydrogen-bond donors (Lipinski definition) is 1. The van der Waals surface area contributed by atoms with Gasteiger partial charge in [-0.05, 0) is 31.5 Å². The van der Waals surface area contributed by atoms with Gasteiger partial charge in [0, 0.05) is 22.0 Å². The van der Waals surface area contributed by atoms with E-state index in [-0.39, 0.29) is 11.7 Å². The monoisotopic (exact) mass is 359 g/mol. The summed E-state index contributed by atoms with van der Waals surface area (Å²) in [6.07, 6.45) is 1.56. The van der Waals surface area contributed by atoms with Gasteiger partial charge in [-0.1, -0.05) is 17.8 Å². The van der Waals surface area contributed by atoms with Gasteiger partial charge in [0.25, 0.3) is 0 Å². The van der Waals surface area contributed by atoms with Gasteiger partial charge in [-0.25, -0.2) is 9.97 Å². The van der Waals surface area contributed by atoms with Gasteiger partial charge in [0.05, 0.1) is 12.9 Å². The van der Waals surface area contributed by atoms with Crippen molar-refractivity contribution in [3.63, 3.8) is 0 Å². The molecular formula is C17H17N3O2S2. The molecule has 0 bridgehead atoms. The largest absolute Gasteiger partial charge is 0.497 e. The van der Waals surface area contributed by atoms with Crippen molar-refractivity contribution < 1.29 is 9.53 Å². The average Bonchev–Trinajstić information content (AvgIpc) is 2.88. The first-order valence-corrected chi connectivity index (χ1v) is 9.16. The lowest BCUT2D eigenvalue weighted by atomic mass is 10.2. The van der Waals surface area contributed by atoms with E-state index < -0.39 is 0 Å². The van der Waals surface area contributed by atoms with Crippen LogP contribution in [0.5, 0.6) is 5.75 Å². The number of carbonyl (C=O) groups is 1. The minimum absolute atomic E-state index is 0.0791. The number of benzene rings is 1. The van der Waals surface area contributed by atoms with Gasteiger partial charge in [0.15, 0.2) is 0 Å². The molecule has 0 spiro atoms. The van der Waals surface area contributed by atoms with E-state index in [4.69, 9.17) is 4.74 Å². The molecule has 0 aliphatic rings. The van der Waals surface area contributed by atoms with E-state index in [1.54, 1.807) is 30.8 Å². The van der Waals surface area contributed by atoms with Crippen LogP contribution in [0, 0.1) is 13.8 Å². The lowest BCUT2D eigenvalue weighted by Crippen LogP contribution is -2.14. The molecule has 0 unspecified atom stereocenters. The zero-order valence-corrected chi connectivity index (χ0v) is 15.3. The second-order valence-corrected chi connectivity index (χ2v) is 7.38. The van der Waals surface area contributed by atoms with Gasteiger partial charge in [-0.2, -0.15) is 0 Å². The van der Waals surface area contributed by atoms with Crippen molar-refractivity contribution in [1.29, 1.82) is 0 Å². The minimum Gasteiger partial charge on any atom is -0.497 e. The number of nitrogens with zero attached hydrogens (tertiary/aromatic N) is 2. The van der Waals surface area contributed by atoms with Crippen LogP contribution in [0.25, 0.3) is 10.2 Å². The van der Waals surface area contributed by atoms with Crippen LogP contribution in [0.1, 0.15) is 10.4 Å². The van der Waals surface area contributed by atoms with Crippen molar-refractivity contribution in [3.8, 4) is 5.75 Å². The molecule has 0 saturated heterocycles. The van der Waals surface area contributed by atoms with Gasteiger partial charge >= 0.3 is 0 Å². The van der Waals surface area contributed by atoms with Crippen LogP contribution >= 0.6 is 23.1 Å². The van der Waals surface area contributed by atoms with Crippen LogP contribution in [0.15, 0.2) is 35.6 Å². The summed E-state index contributed by atoms with van der Waals surface area (Å²) in [4.78, 5) is 23.1. The van der Waals surface area contributed by atoms with Crippen LogP contribution in [0.4, 0.5) is 5.69 Å². The summed E-state index contributed by atoms with van der Waals surface area (Å²) in [5, 5.41) is 4.78. The quantitative estimate of drug-likeness (QED) is 0.550. The molecule has 2 aromatic heterocycles. The lowest BCUT2D eigenvalue weighted by molar-refractivity contribution is -0.113. The summed E-state index contributed by atoms with van der Waals surface area (Å²) < 4.78 is 5.16. The summed E-state index contributed by atoms with van der Waals surface area (Å²) in [7, 11) is 1.60. The van der Waals surface area contributed by atoms with Gasteiger partial charge in [-0.15, -0.1) is 11.3 Å². The van der Waals surface area contributed by atoms with Crippen LogP contribution in [-0.4, -0.2) is 28.7 Å². The molecule has 1 aromatic carbocycles. The normalized spacial score (nSPS) is 10.8. The average molecular weight is 359 g/mol. The van der Waals surface area contributed by atoms with E-state index >= 15 is 0 Å². The predicted molar refractivity (Wildman–Crippen MR) is 99.2 cm³/mol. The maximum absolute atomic E-state index is 12.2. The molecule has 5 nitrogen and oxygen atoms in total. The summed E-state index contributed by atoms with van der Waals surface area (Å²) in [5.74, 6) is 0.921. The Morgan fingerprint density at radius 1 is 1.33 bits per heavy atom. The Morgan fingerprint density at radius 3 is 2.96 bits per heavy atom. The van der Waals surface area contributed by atoms with Gasteiger partial charge < -0.3 is 10.1 Å². The van der Waals surface area contributed by atoms with E-state index in [0.29, 0.717) is 5.75 Å². The van der Waals surface area contributed by atoms with Crippen molar-refractivity contribution in [3.05, 3.63) is 41.0 Å². The number of aryl methyl sites for hydroxylation is 2. The SMILES string of the molecule is COc1cccc(NC(=O)CSc2ncnc3sc(C)c(C)c23)c1. The molecule has 1 N–H and O–H groups in total. The zero-order chi connectivity index (χ0) is 17.1. The molecule has 3 rings (SSSR count). The van der Waals surface area contributed by atoms with Crippen molar-refractivity contribution in [2.24, 2.45) is 0 Å². The van der Waals surface area contributed by atoms with Crippen molar-refractivity contribution in [2.75, 3.05) is 18.2 Å². The van der Waals surface area contributed by atoms with Crippen LogP contribution in [0.2, 0.25) is 0 Å². The molecule has 124 valence electrons. The summed E-state index contributed by atoms with van der Waals surface area (Å²) >= 11 is 3.08. The van der Waals surface area contributed by atoms with Gasteiger partial charge in [0.1, 0.15) is 21.9 Å². The van der Waals surface area contributed by atoms with E-state index in [2.05, 4.69) is 29.1 Å². The van der Waals surface area contributed by atoms with Gasteiger partial charge in [0.2, 0.25) is 5.91 Å². The van der Waals surface area contributed by atoms with Crippen LogP contribution < -0.4 is 10.1 Å². The number of thioether (sulfide) groups is 1. The van der Waals surface area contributed by atoms with E-state index in [1.165, 1.54) is 22.2 Å². The smallest absolute Gasteiger partial charge is 0.234 e. The maximum atomic E-state index is 12.2. The highest BCUT2D eigenvalue weighted by Crippen LogP contribution is 2.34. The number of ether oxygens (including phenoxy) is 1. The number of nitrogens with one attached hydrogen (secondary N) is 1. The zero-order valence-electron chi connectivity index (χ0n) is 13.6. The second kappa shape index (κ2) is 7.19. The fourth-order valence-corrected chi connectivity index (χ4v) is 4.21. The van der Waals surface area contributed by atoms with Gasteiger partial charge in [-0.3, -0.25) is 4.79 Å². The van der Waals surface area contributed by atoms with Crippen LogP contribution in [-0.2, 0) is 4.79 Å². The predicted octanol–water partition coefficient (Wildman–Crippen LogP) is 4.05. The highest BCUT2D eigenvalue weighted by Gasteiger charge is 2.13. The Hall–Kier alpha value is -2.12. The molecule has 0 aliphatic carbocycles. The molecule has 0 atom stereocenters. The van der Waals surface area contributed by atoms with Crippen molar-refractivity contribution >= 4 is 44.9 Å². The number of methoxy groups -OCH3 is 1. The fraction of sp³-hybridized carbons (Fsp3) is 0.235. The third-order valence-electron chi connectivity index (χ3n) is 3.62. The third kappa shape index (κ3) is 3.52. The summed E-state index contributed by atoms with van der Waals surface area (Å²) in [5.41, 5.74) is 1.90. The van der Waals surface area contributed by atoms with Crippen LogP contribution in [0.3, 0.4) is 0 Å². The van der Waals surface area contributed by atoms with E-state index in [9.17, 15) is 4.79 Å². The highest BCUT2D eigenvalue weighted by atomic mass is 32.2. The van der Waals surface area contributed by atoms with E-state index in [0.717, 1.165) is 20.9 Å². The molecule has 0 radical (unpaired) electrons. The molecule has 0 aliphatic heterocycles. The standard InChI is InChI=1S/C17H17N3O2S2/c1-10-11(2)24-17-15(10)16(18-9-19-17)23-8-14(21)20-12-5-4-6-13(7-12)22-3/h4-7,9H,8H2,1-3H3,(H,20,21). The Bertz CT molecular complexity index is 893. The fourth-order valence-electron chi connectivity index (χ4n) is 2.29. The number of thiophene rings is 1. The molecule has 0 saturated carbocycles. The van der Waals surface area contributed by atoms with Crippen molar-refractivity contribution in [2.45, 2.75) is 18.9 Å². The first kappa shape index (κ1) is 16.7. The molecule has 3 aromatic rings. The molecule has 24 heavy (non-hydrogen) atoms. The summed E-state index contributed by atoms with van der Waals surface area (Å²) in [6.45, 7) is 4.14. The Kier molecular flexibility index (Phi) is 5.01. The lowest BCUT2D eigenvalue weighted by Gasteiger charge is -2.07. The molecular weight excluding hydrogens is 342 g/mol. The summed E-state index contributed by atoms with van der Waals surface area (Å²) in [6, 6.07) is 7.30. The maximum Gasteiger partial charge on any atom is 0.234 e. The minimum atomic E-state index is -0.0791. The number of aromatic nitrogens is 2. The number of amides is 1. The Labute approximate surface area is 148 Å². The molecule has 1 amide bonds. The molecule has 0 fully saturated rings. The Morgan fingerprint density at radius 2 is 2.17 bits per heavy atom. The number of rotatable bonds is 5.